The lowest BCUT2D eigenvalue weighted by atomic mass is 9.75. The van der Waals surface area contributed by atoms with Crippen molar-refractivity contribution in [2.24, 2.45) is 11.7 Å². The van der Waals surface area contributed by atoms with Gasteiger partial charge in [0, 0.05) is 47.9 Å². The standard InChI is InChI=1S/C29H35FN4O/c1-17-10-20(12-22(31)11-17)24-8-9-32-15-21(24)13-28(35)25-6-7-27(30)26-14-23(16-33-29(25)26)34-18(2)4-5-19(34)3/h6-9,14-20,22H,4-5,10-13,31H2,1-3H3/t17-,18?,19?,20+,22-/m0/s1. The third-order valence-electron chi connectivity index (χ3n) is 8.04. The third kappa shape index (κ3) is 4.68. The molecule has 5 atom stereocenters. The first-order valence-electron chi connectivity index (χ1n) is 12.9. The number of benzene rings is 1. The van der Waals surface area contributed by atoms with Crippen molar-refractivity contribution in [2.45, 2.75) is 83.3 Å². The van der Waals surface area contributed by atoms with Crippen LogP contribution in [0.1, 0.15) is 80.3 Å². The first-order chi connectivity index (χ1) is 16.8. The van der Waals surface area contributed by atoms with Crippen LogP contribution in [0.15, 0.2) is 42.9 Å². The number of rotatable bonds is 5. The molecule has 2 N–H and O–H groups in total. The summed E-state index contributed by atoms with van der Waals surface area (Å²) in [4.78, 5) is 24.7. The van der Waals surface area contributed by atoms with Crippen LogP contribution in [0.25, 0.3) is 10.9 Å². The molecule has 2 aromatic heterocycles. The van der Waals surface area contributed by atoms with Gasteiger partial charge in [-0.15, -0.1) is 0 Å². The van der Waals surface area contributed by atoms with Crippen LogP contribution in [0.4, 0.5) is 10.1 Å². The van der Waals surface area contributed by atoms with Crippen LogP contribution in [0.3, 0.4) is 0 Å². The topological polar surface area (TPSA) is 72.1 Å². The molecule has 2 fully saturated rings. The molecule has 0 radical (unpaired) electrons. The van der Waals surface area contributed by atoms with Gasteiger partial charge in [-0.2, -0.15) is 0 Å². The molecule has 1 aliphatic heterocycles. The van der Waals surface area contributed by atoms with E-state index < -0.39 is 0 Å². The molecule has 2 unspecified atom stereocenters. The fourth-order valence-corrected chi connectivity index (χ4v) is 6.41. The average molecular weight is 475 g/mol. The molecule has 0 amide bonds. The Morgan fingerprint density at radius 3 is 2.60 bits per heavy atom. The van der Waals surface area contributed by atoms with Crippen molar-refractivity contribution >= 4 is 22.4 Å². The molecule has 1 saturated carbocycles. The fraction of sp³-hybridized carbons (Fsp3) is 0.483. The van der Waals surface area contributed by atoms with Crippen LogP contribution >= 0.6 is 0 Å². The maximum atomic E-state index is 14.9. The normalized spacial score (nSPS) is 26.9. The smallest absolute Gasteiger partial charge is 0.169 e. The van der Waals surface area contributed by atoms with E-state index in [1.54, 1.807) is 24.7 Å². The molecule has 6 heteroatoms. The van der Waals surface area contributed by atoms with Gasteiger partial charge >= 0.3 is 0 Å². The Morgan fingerprint density at radius 2 is 1.86 bits per heavy atom. The molecule has 1 saturated heterocycles. The van der Waals surface area contributed by atoms with Crippen molar-refractivity contribution in [3.63, 3.8) is 0 Å². The summed E-state index contributed by atoms with van der Waals surface area (Å²) >= 11 is 0. The van der Waals surface area contributed by atoms with E-state index in [-0.39, 0.29) is 24.1 Å². The predicted molar refractivity (Wildman–Crippen MR) is 138 cm³/mol. The Morgan fingerprint density at radius 1 is 1.09 bits per heavy atom. The molecule has 1 aliphatic carbocycles. The first-order valence-corrected chi connectivity index (χ1v) is 12.9. The van der Waals surface area contributed by atoms with E-state index in [0.717, 1.165) is 48.9 Å². The molecule has 1 aromatic carbocycles. The largest absolute Gasteiger partial charge is 0.365 e. The third-order valence-corrected chi connectivity index (χ3v) is 8.04. The van der Waals surface area contributed by atoms with Gasteiger partial charge in [0.15, 0.2) is 5.78 Å². The van der Waals surface area contributed by atoms with Gasteiger partial charge in [-0.05, 0) is 93.2 Å². The van der Waals surface area contributed by atoms with E-state index in [1.165, 1.54) is 6.07 Å². The number of hydrogen-bond donors (Lipinski definition) is 1. The number of Topliss-reactive ketones (excluding diaryl/α,β-unsaturated/α-hetero) is 1. The fourth-order valence-electron chi connectivity index (χ4n) is 6.41. The molecule has 184 valence electrons. The van der Waals surface area contributed by atoms with Gasteiger partial charge in [0.2, 0.25) is 0 Å². The molecule has 5 nitrogen and oxygen atoms in total. The van der Waals surface area contributed by atoms with Gasteiger partial charge in [0.1, 0.15) is 5.82 Å². The van der Waals surface area contributed by atoms with E-state index in [9.17, 15) is 9.18 Å². The minimum absolute atomic E-state index is 0.0689. The highest BCUT2D eigenvalue weighted by molar-refractivity contribution is 6.08. The van der Waals surface area contributed by atoms with Crippen LogP contribution < -0.4 is 10.6 Å². The molecule has 3 heterocycles. The monoisotopic (exact) mass is 474 g/mol. The predicted octanol–water partition coefficient (Wildman–Crippen LogP) is 5.80. The van der Waals surface area contributed by atoms with Crippen molar-refractivity contribution < 1.29 is 9.18 Å². The summed E-state index contributed by atoms with van der Waals surface area (Å²) in [6, 6.07) is 7.80. The lowest BCUT2D eigenvalue weighted by Gasteiger charge is -2.32. The second kappa shape index (κ2) is 9.65. The Hall–Kier alpha value is -2.86. The highest BCUT2D eigenvalue weighted by Gasteiger charge is 2.29. The number of nitrogens with two attached hydrogens (primary N) is 1. The number of anilines is 1. The summed E-state index contributed by atoms with van der Waals surface area (Å²) in [6.07, 6.45) is 10.8. The van der Waals surface area contributed by atoms with Gasteiger partial charge in [-0.3, -0.25) is 14.8 Å². The minimum Gasteiger partial charge on any atom is -0.365 e. The molecule has 0 bridgehead atoms. The van der Waals surface area contributed by atoms with Gasteiger partial charge < -0.3 is 10.6 Å². The van der Waals surface area contributed by atoms with Crippen LogP contribution in [-0.2, 0) is 6.42 Å². The zero-order valence-electron chi connectivity index (χ0n) is 20.9. The van der Waals surface area contributed by atoms with E-state index in [0.29, 0.717) is 40.4 Å². The Bertz CT molecular complexity index is 1220. The van der Waals surface area contributed by atoms with Crippen molar-refractivity contribution in [3.05, 3.63) is 65.4 Å². The number of halogens is 1. The second-order valence-corrected chi connectivity index (χ2v) is 10.8. The average Bonchev–Trinajstić information content (AvgIpc) is 3.16. The van der Waals surface area contributed by atoms with Crippen molar-refractivity contribution in [1.82, 2.24) is 9.97 Å². The highest BCUT2D eigenvalue weighted by atomic mass is 19.1. The summed E-state index contributed by atoms with van der Waals surface area (Å²) in [5, 5.41) is 0.401. The van der Waals surface area contributed by atoms with E-state index in [2.05, 4.69) is 35.6 Å². The van der Waals surface area contributed by atoms with Crippen molar-refractivity contribution in [3.8, 4) is 0 Å². The Labute approximate surface area is 206 Å². The quantitative estimate of drug-likeness (QED) is 0.473. The number of hydrogen-bond acceptors (Lipinski definition) is 5. The Kier molecular flexibility index (Phi) is 6.58. The minimum atomic E-state index is -0.349. The zero-order valence-corrected chi connectivity index (χ0v) is 20.9. The number of ketones is 1. The maximum absolute atomic E-state index is 14.9. The molecule has 0 spiro atoms. The van der Waals surface area contributed by atoms with Gasteiger partial charge in [-0.1, -0.05) is 6.92 Å². The van der Waals surface area contributed by atoms with Crippen LogP contribution in [-0.4, -0.2) is 33.9 Å². The number of fused-ring (bicyclic) bond motifs is 1. The molecular weight excluding hydrogens is 439 g/mol. The van der Waals surface area contributed by atoms with E-state index in [4.69, 9.17) is 5.73 Å². The van der Waals surface area contributed by atoms with Crippen LogP contribution in [0, 0.1) is 11.7 Å². The number of aromatic nitrogens is 2. The van der Waals surface area contributed by atoms with Gasteiger partial charge in [-0.25, -0.2) is 4.39 Å². The molecule has 3 aromatic rings. The first kappa shape index (κ1) is 23.9. The van der Waals surface area contributed by atoms with E-state index in [1.807, 2.05) is 12.1 Å². The summed E-state index contributed by atoms with van der Waals surface area (Å²) in [5.74, 6) is 0.466. The number of pyridine rings is 2. The van der Waals surface area contributed by atoms with Crippen molar-refractivity contribution in [1.29, 1.82) is 0 Å². The number of carbonyl (C=O) groups excluding carboxylic acids is 1. The van der Waals surface area contributed by atoms with Crippen LogP contribution in [0.5, 0.6) is 0 Å². The second-order valence-electron chi connectivity index (χ2n) is 10.8. The van der Waals surface area contributed by atoms with Crippen molar-refractivity contribution in [2.75, 3.05) is 4.90 Å². The summed E-state index contributed by atoms with van der Waals surface area (Å²) in [6.45, 7) is 6.62. The SMILES string of the molecule is CC1CCC(C)N1c1cnc2c(C(=O)Cc3cnccc3[C@@H]3C[C@H](C)C[C@H](N)C3)ccc(F)c2c1. The van der Waals surface area contributed by atoms with E-state index >= 15 is 0 Å². The Balaban J connectivity index is 1.46. The number of carbonyl (C=O) groups is 1. The summed E-state index contributed by atoms with van der Waals surface area (Å²) in [5.41, 5.74) is 10.2. The maximum Gasteiger partial charge on any atom is 0.169 e. The number of nitrogens with zero attached hydrogens (tertiary/aromatic N) is 3. The zero-order chi connectivity index (χ0) is 24.7. The highest BCUT2D eigenvalue weighted by Crippen LogP contribution is 2.37. The summed E-state index contributed by atoms with van der Waals surface area (Å²) < 4.78 is 14.9. The molecule has 35 heavy (non-hydrogen) atoms. The lowest BCUT2D eigenvalue weighted by molar-refractivity contribution is 0.0994. The van der Waals surface area contributed by atoms with Gasteiger partial charge in [0.25, 0.3) is 0 Å². The summed E-state index contributed by atoms with van der Waals surface area (Å²) in [7, 11) is 0. The molecular formula is C29H35FN4O. The lowest BCUT2D eigenvalue weighted by Crippen LogP contribution is -2.32. The molecule has 2 aliphatic rings. The van der Waals surface area contributed by atoms with Gasteiger partial charge in [0.05, 0.1) is 17.4 Å². The molecule has 5 rings (SSSR count). The van der Waals surface area contributed by atoms with Crippen LogP contribution in [0.2, 0.25) is 0 Å².